The molecule has 0 atom stereocenters. The minimum absolute atomic E-state index is 0.0901. The Morgan fingerprint density at radius 2 is 1.83 bits per heavy atom. The molecular weight excluding hydrogens is 448 g/mol. The predicted octanol–water partition coefficient (Wildman–Crippen LogP) is 4.52. The third-order valence-corrected chi connectivity index (χ3v) is 5.41. The van der Waals surface area contributed by atoms with Crippen molar-refractivity contribution in [3.05, 3.63) is 102 Å². The molecule has 0 bridgehead atoms. The molecule has 0 unspecified atom stereocenters. The van der Waals surface area contributed by atoms with Crippen molar-refractivity contribution in [2.45, 2.75) is 13.2 Å². The monoisotopic (exact) mass is 470 g/mol. The highest BCUT2D eigenvalue weighted by Crippen LogP contribution is 2.26. The Morgan fingerprint density at radius 3 is 2.69 bits per heavy atom. The summed E-state index contributed by atoms with van der Waals surface area (Å²) in [6.45, 7) is 0.372. The fraction of sp³-hybridized carbons (Fsp3) is 0.115. The second kappa shape index (κ2) is 9.60. The van der Waals surface area contributed by atoms with Gasteiger partial charge in [-0.3, -0.25) is 14.3 Å². The SMILES string of the molecule is Cn1ncc(NC(=O)c2ccc(COc3cccc4ccccc34)o2)c1C(=O)NCc1ccco1. The number of hydrogen-bond donors (Lipinski definition) is 2. The molecule has 2 aromatic carbocycles. The zero-order valence-electron chi connectivity index (χ0n) is 18.9. The fourth-order valence-corrected chi connectivity index (χ4v) is 3.69. The van der Waals surface area contributed by atoms with Crippen LogP contribution in [0.25, 0.3) is 10.8 Å². The number of furan rings is 2. The molecule has 0 spiro atoms. The van der Waals surface area contributed by atoms with Crippen molar-refractivity contribution in [3.63, 3.8) is 0 Å². The Balaban J connectivity index is 1.23. The molecular formula is C26H22N4O5. The molecule has 0 saturated carbocycles. The number of benzene rings is 2. The maximum Gasteiger partial charge on any atom is 0.291 e. The Kier molecular flexibility index (Phi) is 6.04. The van der Waals surface area contributed by atoms with E-state index >= 15 is 0 Å². The van der Waals surface area contributed by atoms with Gasteiger partial charge in [0.25, 0.3) is 11.8 Å². The van der Waals surface area contributed by atoms with E-state index in [9.17, 15) is 9.59 Å². The summed E-state index contributed by atoms with van der Waals surface area (Å²) >= 11 is 0. The number of fused-ring (bicyclic) bond motifs is 1. The van der Waals surface area contributed by atoms with Crippen molar-refractivity contribution >= 4 is 28.3 Å². The van der Waals surface area contributed by atoms with Crippen LogP contribution in [0.5, 0.6) is 5.75 Å². The molecule has 3 aromatic heterocycles. The molecule has 0 aliphatic rings. The number of aromatic nitrogens is 2. The van der Waals surface area contributed by atoms with Gasteiger partial charge >= 0.3 is 0 Å². The number of anilines is 1. The maximum absolute atomic E-state index is 12.8. The minimum atomic E-state index is -0.505. The molecule has 176 valence electrons. The van der Waals surface area contributed by atoms with Crippen LogP contribution in [-0.2, 0) is 20.2 Å². The van der Waals surface area contributed by atoms with Gasteiger partial charge in [-0.15, -0.1) is 0 Å². The number of carbonyl (C=O) groups excluding carboxylic acids is 2. The third-order valence-electron chi connectivity index (χ3n) is 5.41. The summed E-state index contributed by atoms with van der Waals surface area (Å²) in [5, 5.41) is 11.6. The topological polar surface area (TPSA) is 112 Å². The summed E-state index contributed by atoms with van der Waals surface area (Å²) in [5.74, 6) is 1.01. The maximum atomic E-state index is 12.8. The number of ether oxygens (including phenoxy) is 1. The van der Waals surface area contributed by atoms with Crippen molar-refractivity contribution in [3.8, 4) is 5.75 Å². The molecule has 0 fully saturated rings. The van der Waals surface area contributed by atoms with Crippen LogP contribution in [-0.4, -0.2) is 21.6 Å². The highest BCUT2D eigenvalue weighted by atomic mass is 16.5. The van der Waals surface area contributed by atoms with Gasteiger partial charge < -0.3 is 24.2 Å². The van der Waals surface area contributed by atoms with E-state index in [4.69, 9.17) is 13.6 Å². The largest absolute Gasteiger partial charge is 0.485 e. The van der Waals surface area contributed by atoms with Gasteiger partial charge in [0.05, 0.1) is 24.7 Å². The number of nitrogens with zero attached hydrogens (tertiary/aromatic N) is 2. The lowest BCUT2D eigenvalue weighted by molar-refractivity contribution is 0.0939. The smallest absolute Gasteiger partial charge is 0.291 e. The quantitative estimate of drug-likeness (QED) is 0.345. The summed E-state index contributed by atoms with van der Waals surface area (Å²) in [6, 6.07) is 20.5. The predicted molar refractivity (Wildman–Crippen MR) is 128 cm³/mol. The zero-order chi connectivity index (χ0) is 24.2. The van der Waals surface area contributed by atoms with Gasteiger partial charge in [0.1, 0.15) is 29.6 Å². The van der Waals surface area contributed by atoms with Crippen LogP contribution in [0.15, 0.2) is 88.0 Å². The molecule has 0 aliphatic heterocycles. The van der Waals surface area contributed by atoms with Gasteiger partial charge in [0.15, 0.2) is 5.76 Å². The number of nitrogens with one attached hydrogen (secondary N) is 2. The van der Waals surface area contributed by atoms with E-state index in [-0.39, 0.29) is 30.3 Å². The summed E-state index contributed by atoms with van der Waals surface area (Å²) in [6.07, 6.45) is 2.94. The lowest BCUT2D eigenvalue weighted by Crippen LogP contribution is -2.26. The molecule has 9 nitrogen and oxygen atoms in total. The van der Waals surface area contributed by atoms with Crippen LogP contribution < -0.4 is 15.4 Å². The van der Waals surface area contributed by atoms with Crippen molar-refractivity contribution in [2.75, 3.05) is 5.32 Å². The number of aryl methyl sites for hydroxylation is 1. The molecule has 3 heterocycles. The summed E-state index contributed by atoms with van der Waals surface area (Å²) in [4.78, 5) is 25.4. The first-order chi connectivity index (χ1) is 17.1. The van der Waals surface area contributed by atoms with Crippen LogP contribution >= 0.6 is 0 Å². The third kappa shape index (κ3) is 4.79. The van der Waals surface area contributed by atoms with Crippen LogP contribution in [0.2, 0.25) is 0 Å². The van der Waals surface area contributed by atoms with Crippen LogP contribution in [0.1, 0.15) is 32.6 Å². The fourth-order valence-electron chi connectivity index (χ4n) is 3.69. The van der Waals surface area contributed by atoms with Crippen LogP contribution in [0.3, 0.4) is 0 Å². The summed E-state index contributed by atoms with van der Waals surface area (Å²) in [7, 11) is 1.62. The van der Waals surface area contributed by atoms with Crippen molar-refractivity contribution in [2.24, 2.45) is 7.05 Å². The van der Waals surface area contributed by atoms with Gasteiger partial charge in [-0.1, -0.05) is 36.4 Å². The Bertz CT molecular complexity index is 1480. The molecule has 35 heavy (non-hydrogen) atoms. The van der Waals surface area contributed by atoms with E-state index in [0.717, 1.165) is 16.5 Å². The first kappa shape index (κ1) is 22.0. The highest BCUT2D eigenvalue weighted by molar-refractivity contribution is 6.07. The Hall–Kier alpha value is -4.79. The average Bonchev–Trinajstić information content (AvgIpc) is 3.63. The van der Waals surface area contributed by atoms with Crippen LogP contribution in [0.4, 0.5) is 5.69 Å². The normalized spacial score (nSPS) is 10.9. The van der Waals surface area contributed by atoms with Crippen molar-refractivity contribution < 1.29 is 23.2 Å². The van der Waals surface area contributed by atoms with Gasteiger partial charge in [0, 0.05) is 12.4 Å². The molecule has 0 saturated heterocycles. The van der Waals surface area contributed by atoms with Crippen molar-refractivity contribution in [1.29, 1.82) is 0 Å². The van der Waals surface area contributed by atoms with Crippen molar-refractivity contribution in [1.82, 2.24) is 15.1 Å². The average molecular weight is 470 g/mol. The molecule has 5 aromatic rings. The minimum Gasteiger partial charge on any atom is -0.485 e. The summed E-state index contributed by atoms with van der Waals surface area (Å²) in [5.41, 5.74) is 0.468. The Morgan fingerprint density at radius 1 is 0.971 bits per heavy atom. The zero-order valence-corrected chi connectivity index (χ0v) is 18.9. The van der Waals surface area contributed by atoms with E-state index < -0.39 is 11.8 Å². The van der Waals surface area contributed by atoms with E-state index in [1.807, 2.05) is 42.5 Å². The van der Waals surface area contributed by atoms with E-state index in [2.05, 4.69) is 15.7 Å². The Labute approximate surface area is 200 Å². The number of hydrogen-bond acceptors (Lipinski definition) is 6. The lowest BCUT2D eigenvalue weighted by atomic mass is 10.1. The second-order valence-electron chi connectivity index (χ2n) is 7.78. The summed E-state index contributed by atoms with van der Waals surface area (Å²) < 4.78 is 18.2. The van der Waals surface area contributed by atoms with Gasteiger partial charge in [0.2, 0.25) is 0 Å². The van der Waals surface area contributed by atoms with Gasteiger partial charge in [-0.2, -0.15) is 5.10 Å². The molecule has 2 amide bonds. The van der Waals surface area contributed by atoms with Gasteiger partial charge in [-0.25, -0.2) is 0 Å². The molecule has 0 radical (unpaired) electrons. The van der Waals surface area contributed by atoms with Crippen LogP contribution in [0, 0.1) is 0 Å². The highest BCUT2D eigenvalue weighted by Gasteiger charge is 2.21. The molecule has 9 heteroatoms. The van der Waals surface area contributed by atoms with Gasteiger partial charge in [-0.05, 0) is 35.7 Å². The van der Waals surface area contributed by atoms with E-state index in [1.54, 1.807) is 31.3 Å². The second-order valence-corrected chi connectivity index (χ2v) is 7.78. The number of carbonyl (C=O) groups is 2. The number of amides is 2. The van der Waals surface area contributed by atoms with E-state index in [0.29, 0.717) is 11.5 Å². The first-order valence-electron chi connectivity index (χ1n) is 10.9. The standard InChI is InChI=1S/C26H22N4O5/c1-30-24(26(32)27-14-18-8-5-13-33-18)21(15-28-30)29-25(31)23-12-11-19(35-23)16-34-22-10-4-7-17-6-2-3-9-20(17)22/h2-13,15H,14,16H2,1H3,(H,27,32)(H,29,31). The molecule has 5 rings (SSSR count). The lowest BCUT2D eigenvalue weighted by Gasteiger charge is -2.08. The van der Waals surface area contributed by atoms with E-state index in [1.165, 1.54) is 17.1 Å². The number of rotatable bonds is 8. The molecule has 0 aliphatic carbocycles. The first-order valence-corrected chi connectivity index (χ1v) is 10.9. The molecule has 2 N–H and O–H groups in total.